The van der Waals surface area contributed by atoms with Crippen molar-refractivity contribution in [3.63, 3.8) is 0 Å². The lowest BCUT2D eigenvalue weighted by molar-refractivity contribution is -0.128. The molecule has 1 N–H and O–H groups in total. The van der Waals surface area contributed by atoms with Gasteiger partial charge in [0.25, 0.3) is 0 Å². The van der Waals surface area contributed by atoms with Gasteiger partial charge in [0.1, 0.15) is 11.6 Å². The summed E-state index contributed by atoms with van der Waals surface area (Å²) in [6.45, 7) is 2.63. The second-order valence-corrected chi connectivity index (χ2v) is 9.10. The maximum Gasteiger partial charge on any atom is 0.233 e. The number of phenols is 1. The van der Waals surface area contributed by atoms with Crippen LogP contribution in [0.25, 0.3) is 17.1 Å². The minimum atomic E-state index is -0.316. The molecule has 1 amide bonds. The number of aromatic hydroxyl groups is 1. The van der Waals surface area contributed by atoms with Crippen LogP contribution in [0.4, 0.5) is 10.1 Å². The summed E-state index contributed by atoms with van der Waals surface area (Å²) in [7, 11) is 0. The predicted molar refractivity (Wildman–Crippen MR) is 134 cm³/mol. The molecule has 7 nitrogen and oxygen atoms in total. The van der Waals surface area contributed by atoms with E-state index in [9.17, 15) is 14.3 Å². The van der Waals surface area contributed by atoms with Crippen LogP contribution < -0.4 is 4.90 Å². The molecular formula is C26H24FN5O2S. The van der Waals surface area contributed by atoms with Gasteiger partial charge in [-0.15, -0.1) is 10.2 Å². The molecule has 0 aliphatic carbocycles. The number of nitrogens with zero attached hydrogens (tertiary/aromatic N) is 5. The third kappa shape index (κ3) is 5.14. The molecule has 1 saturated heterocycles. The number of carbonyl (C=O) groups is 1. The summed E-state index contributed by atoms with van der Waals surface area (Å²) in [5.74, 6) is 0.784. The van der Waals surface area contributed by atoms with Gasteiger partial charge in [-0.2, -0.15) is 0 Å². The number of hydrogen-bond acceptors (Lipinski definition) is 6. The second-order valence-electron chi connectivity index (χ2n) is 8.16. The Hall–Kier alpha value is -3.85. The number of piperazine rings is 1. The topological polar surface area (TPSA) is 74.5 Å². The molecule has 1 aliphatic heterocycles. The number of halogens is 1. The van der Waals surface area contributed by atoms with Gasteiger partial charge >= 0.3 is 0 Å². The van der Waals surface area contributed by atoms with Gasteiger partial charge in [0.2, 0.25) is 5.91 Å². The van der Waals surface area contributed by atoms with Crippen LogP contribution in [0, 0.1) is 5.82 Å². The molecule has 2 heterocycles. The third-order valence-corrected chi connectivity index (χ3v) is 6.82. The number of phenolic OH excluding ortho intramolecular Hbond substituents is 1. The first kappa shape index (κ1) is 22.9. The highest BCUT2D eigenvalue weighted by atomic mass is 32.2. The number of para-hydroxylation sites is 1. The first-order valence-corrected chi connectivity index (χ1v) is 12.3. The Balaban J connectivity index is 1.28. The SMILES string of the molecule is O=C(CSc1nnc(-c2ccc(F)cc2)n1-c1ccccc1)N1CCN(c2cccc(O)c2)CC1. The van der Waals surface area contributed by atoms with Gasteiger partial charge in [-0.3, -0.25) is 9.36 Å². The van der Waals surface area contributed by atoms with Crippen molar-refractivity contribution in [2.24, 2.45) is 0 Å². The smallest absolute Gasteiger partial charge is 0.233 e. The van der Waals surface area contributed by atoms with Crippen molar-refractivity contribution in [1.82, 2.24) is 19.7 Å². The average molecular weight is 490 g/mol. The normalized spacial score (nSPS) is 13.7. The van der Waals surface area contributed by atoms with Crippen molar-refractivity contribution in [2.45, 2.75) is 5.16 Å². The van der Waals surface area contributed by atoms with Gasteiger partial charge in [0.15, 0.2) is 11.0 Å². The van der Waals surface area contributed by atoms with Crippen molar-refractivity contribution < 1.29 is 14.3 Å². The van der Waals surface area contributed by atoms with E-state index in [-0.39, 0.29) is 23.2 Å². The molecule has 1 fully saturated rings. The third-order valence-electron chi connectivity index (χ3n) is 5.90. The van der Waals surface area contributed by atoms with E-state index < -0.39 is 0 Å². The van der Waals surface area contributed by atoms with E-state index in [1.807, 2.05) is 51.9 Å². The first-order valence-electron chi connectivity index (χ1n) is 11.3. The molecule has 0 unspecified atom stereocenters. The Morgan fingerprint density at radius 3 is 2.31 bits per heavy atom. The number of aromatic nitrogens is 3. The van der Waals surface area contributed by atoms with Gasteiger partial charge in [-0.1, -0.05) is 36.0 Å². The minimum absolute atomic E-state index is 0.0384. The zero-order chi connectivity index (χ0) is 24.2. The maximum absolute atomic E-state index is 13.5. The number of thioether (sulfide) groups is 1. The average Bonchev–Trinajstić information content (AvgIpc) is 3.32. The van der Waals surface area contributed by atoms with Gasteiger partial charge in [-0.25, -0.2) is 4.39 Å². The fraction of sp³-hybridized carbons (Fsp3) is 0.192. The molecule has 35 heavy (non-hydrogen) atoms. The largest absolute Gasteiger partial charge is 0.508 e. The van der Waals surface area contributed by atoms with Crippen molar-refractivity contribution in [3.05, 3.63) is 84.7 Å². The van der Waals surface area contributed by atoms with Gasteiger partial charge < -0.3 is 14.9 Å². The summed E-state index contributed by atoms with van der Waals surface area (Å²) in [6.07, 6.45) is 0. The van der Waals surface area contributed by atoms with Crippen LogP contribution in [-0.4, -0.2) is 62.6 Å². The van der Waals surface area contributed by atoms with Crippen LogP contribution >= 0.6 is 11.8 Å². The molecule has 0 spiro atoms. The van der Waals surface area contributed by atoms with Crippen LogP contribution in [0.1, 0.15) is 0 Å². The molecule has 0 saturated carbocycles. The number of hydrogen-bond donors (Lipinski definition) is 1. The second kappa shape index (κ2) is 10.2. The maximum atomic E-state index is 13.5. The van der Waals surface area contributed by atoms with Gasteiger partial charge in [0, 0.05) is 49.2 Å². The Kier molecular flexibility index (Phi) is 6.67. The van der Waals surface area contributed by atoms with Crippen molar-refractivity contribution in [1.29, 1.82) is 0 Å². The van der Waals surface area contributed by atoms with Crippen LogP contribution in [0.3, 0.4) is 0 Å². The molecule has 0 bridgehead atoms. The minimum Gasteiger partial charge on any atom is -0.508 e. The Bertz CT molecular complexity index is 1310. The number of benzene rings is 3. The van der Waals surface area contributed by atoms with E-state index >= 15 is 0 Å². The van der Waals surface area contributed by atoms with Crippen molar-refractivity contribution in [2.75, 3.05) is 36.8 Å². The molecular weight excluding hydrogens is 465 g/mol. The number of anilines is 1. The summed E-state index contributed by atoms with van der Waals surface area (Å²) in [4.78, 5) is 17.0. The predicted octanol–water partition coefficient (Wildman–Crippen LogP) is 4.22. The highest BCUT2D eigenvalue weighted by Gasteiger charge is 2.23. The van der Waals surface area contributed by atoms with Crippen LogP contribution in [0.2, 0.25) is 0 Å². The molecule has 0 atom stereocenters. The first-order chi connectivity index (χ1) is 17.1. The summed E-state index contributed by atoms with van der Waals surface area (Å²) in [5.41, 5.74) is 2.56. The van der Waals surface area contributed by atoms with Crippen LogP contribution in [0.5, 0.6) is 5.75 Å². The van der Waals surface area contributed by atoms with Gasteiger partial charge in [0.05, 0.1) is 5.75 Å². The summed E-state index contributed by atoms with van der Waals surface area (Å²) >= 11 is 1.34. The molecule has 0 radical (unpaired) electrons. The molecule has 1 aromatic heterocycles. The standard InChI is InChI=1S/C26H24FN5O2S/c27-20-11-9-19(10-12-20)25-28-29-26(32(25)21-5-2-1-3-6-21)35-18-24(34)31-15-13-30(14-16-31)22-7-4-8-23(33)17-22/h1-12,17,33H,13-16,18H2. The van der Waals surface area contributed by atoms with E-state index in [1.165, 1.54) is 23.9 Å². The van der Waals surface area contributed by atoms with E-state index in [2.05, 4.69) is 15.1 Å². The van der Waals surface area contributed by atoms with Crippen molar-refractivity contribution in [3.8, 4) is 22.8 Å². The highest BCUT2D eigenvalue weighted by molar-refractivity contribution is 7.99. The quantitative estimate of drug-likeness (QED) is 0.409. The van der Waals surface area contributed by atoms with Crippen LogP contribution in [-0.2, 0) is 4.79 Å². The highest BCUT2D eigenvalue weighted by Crippen LogP contribution is 2.28. The lowest BCUT2D eigenvalue weighted by Gasteiger charge is -2.36. The molecule has 1 aliphatic rings. The van der Waals surface area contributed by atoms with E-state index in [0.717, 1.165) is 16.9 Å². The summed E-state index contributed by atoms with van der Waals surface area (Å²) in [6, 6.07) is 23.0. The number of amides is 1. The van der Waals surface area contributed by atoms with Gasteiger partial charge in [-0.05, 0) is 48.5 Å². The fourth-order valence-corrected chi connectivity index (χ4v) is 4.94. The van der Waals surface area contributed by atoms with E-state index in [0.29, 0.717) is 37.2 Å². The molecule has 3 aromatic carbocycles. The van der Waals surface area contributed by atoms with Crippen LogP contribution in [0.15, 0.2) is 84.0 Å². The lowest BCUT2D eigenvalue weighted by atomic mass is 10.2. The number of carbonyl (C=O) groups excluding carboxylic acids is 1. The Morgan fingerprint density at radius 1 is 0.886 bits per heavy atom. The lowest BCUT2D eigenvalue weighted by Crippen LogP contribution is -2.49. The number of rotatable bonds is 6. The molecule has 9 heteroatoms. The van der Waals surface area contributed by atoms with E-state index in [4.69, 9.17) is 0 Å². The Morgan fingerprint density at radius 2 is 1.60 bits per heavy atom. The monoisotopic (exact) mass is 489 g/mol. The zero-order valence-corrected chi connectivity index (χ0v) is 19.7. The molecule has 178 valence electrons. The summed E-state index contributed by atoms with van der Waals surface area (Å²) < 4.78 is 15.3. The zero-order valence-electron chi connectivity index (χ0n) is 18.9. The van der Waals surface area contributed by atoms with Crippen molar-refractivity contribution >= 4 is 23.4 Å². The molecule has 5 rings (SSSR count). The Labute approximate surface area is 206 Å². The summed E-state index contributed by atoms with van der Waals surface area (Å²) in [5, 5.41) is 19.0. The fourth-order valence-electron chi connectivity index (χ4n) is 4.08. The van der Waals surface area contributed by atoms with E-state index in [1.54, 1.807) is 24.3 Å². The molecule has 4 aromatic rings.